The minimum Gasteiger partial charge on any atom is -0.453 e. The van der Waals surface area contributed by atoms with Crippen LogP contribution < -0.4 is 5.32 Å². The Kier molecular flexibility index (Phi) is 9.25. The fraction of sp³-hybridized carbons (Fsp3) is 0.512. The number of imidazole rings is 2. The summed E-state index contributed by atoms with van der Waals surface area (Å²) in [5.74, 6) is 7.17. The lowest BCUT2D eigenvalue weighted by Gasteiger charge is -2.30. The van der Waals surface area contributed by atoms with Gasteiger partial charge >= 0.3 is 6.09 Å². The summed E-state index contributed by atoms with van der Waals surface area (Å²) in [5, 5.41) is 2.73. The molecule has 4 fully saturated rings. The molecule has 3 amide bonds. The standard InChI is InChI=1S/C43H50FN7O4/c1-24(2)26(5)39(52)50-22-42(15-16-42)21-33(50)38-47-35(36(44)49-38)29-12-9-27(10-13-29)7-8-28-11-14-30-31(19-28)46-37(45-30)32-20-43(17-18-43)23-51(32)40(53)34(25(3)4)48-41(54)55-6/h9-14,19,24-26,32-34H,15-18,20-23H2,1-6H3,(H,45,46)(H,47,49)(H,48,54)/t26-,32-,33-,34-/m0/s1. The number of alkyl carbamates (subject to hydrolysis) is 1. The molecule has 3 N–H and O–H groups in total. The van der Waals surface area contributed by atoms with Gasteiger partial charge in [0.25, 0.3) is 0 Å². The zero-order valence-corrected chi connectivity index (χ0v) is 32.5. The second-order valence-electron chi connectivity index (χ2n) is 17.2. The van der Waals surface area contributed by atoms with E-state index in [2.05, 4.69) is 41.0 Å². The summed E-state index contributed by atoms with van der Waals surface area (Å²) in [4.78, 5) is 59.2. The van der Waals surface area contributed by atoms with Crippen LogP contribution in [-0.4, -0.2) is 73.9 Å². The van der Waals surface area contributed by atoms with Crippen LogP contribution in [0.4, 0.5) is 9.18 Å². The molecule has 4 atom stereocenters. The number of aromatic nitrogens is 4. The van der Waals surface area contributed by atoms with Crippen LogP contribution in [0.15, 0.2) is 42.5 Å². The number of amides is 3. The highest BCUT2D eigenvalue weighted by Gasteiger charge is 2.56. The third kappa shape index (κ3) is 7.09. The molecule has 288 valence electrons. The monoisotopic (exact) mass is 747 g/mol. The second kappa shape index (κ2) is 13.8. The summed E-state index contributed by atoms with van der Waals surface area (Å²) in [6.45, 7) is 11.3. The van der Waals surface area contributed by atoms with E-state index in [9.17, 15) is 14.4 Å². The molecule has 0 radical (unpaired) electrons. The van der Waals surface area contributed by atoms with E-state index in [0.29, 0.717) is 24.5 Å². The molecule has 8 rings (SSSR count). The summed E-state index contributed by atoms with van der Waals surface area (Å²) in [6, 6.07) is 12.0. The molecule has 4 heterocycles. The first-order valence-electron chi connectivity index (χ1n) is 19.6. The number of aromatic amines is 2. The van der Waals surface area contributed by atoms with Gasteiger partial charge in [0.15, 0.2) is 0 Å². The Labute approximate surface area is 321 Å². The zero-order chi connectivity index (χ0) is 38.8. The van der Waals surface area contributed by atoms with E-state index in [4.69, 9.17) is 14.7 Å². The van der Waals surface area contributed by atoms with E-state index in [-0.39, 0.29) is 58.2 Å². The minimum atomic E-state index is -0.701. The van der Waals surface area contributed by atoms with Crippen molar-refractivity contribution in [1.29, 1.82) is 0 Å². The number of carbonyl (C=O) groups is 3. The van der Waals surface area contributed by atoms with Gasteiger partial charge in [-0.05, 0) is 91.5 Å². The molecule has 4 aromatic rings. The van der Waals surface area contributed by atoms with Crippen LogP contribution in [0.2, 0.25) is 0 Å². The van der Waals surface area contributed by atoms with E-state index < -0.39 is 18.1 Å². The van der Waals surface area contributed by atoms with Crippen molar-refractivity contribution in [3.8, 4) is 23.1 Å². The van der Waals surface area contributed by atoms with Crippen LogP contribution in [0.5, 0.6) is 0 Å². The summed E-state index contributed by atoms with van der Waals surface area (Å²) >= 11 is 0. The van der Waals surface area contributed by atoms with Gasteiger partial charge in [0.2, 0.25) is 17.8 Å². The summed E-state index contributed by atoms with van der Waals surface area (Å²) in [6.07, 6.45) is 5.35. The van der Waals surface area contributed by atoms with E-state index in [1.165, 1.54) is 7.11 Å². The largest absolute Gasteiger partial charge is 0.453 e. The molecular weight excluding hydrogens is 698 g/mol. The van der Waals surface area contributed by atoms with Gasteiger partial charge in [0.1, 0.15) is 23.4 Å². The highest BCUT2D eigenvalue weighted by Crippen LogP contribution is 2.59. The number of nitrogens with one attached hydrogen (secondary N) is 3. The Hall–Kier alpha value is -5.18. The fourth-order valence-corrected chi connectivity index (χ4v) is 8.40. The molecule has 2 saturated carbocycles. The van der Waals surface area contributed by atoms with Crippen LogP contribution in [0, 0.1) is 46.4 Å². The average molecular weight is 748 g/mol. The smallest absolute Gasteiger partial charge is 0.407 e. The lowest BCUT2D eigenvalue weighted by Crippen LogP contribution is -2.51. The number of H-pyrrole nitrogens is 2. The van der Waals surface area contributed by atoms with Crippen molar-refractivity contribution in [2.24, 2.45) is 28.6 Å². The van der Waals surface area contributed by atoms with Crippen LogP contribution in [-0.2, 0) is 14.3 Å². The Bertz CT molecular complexity index is 2200. The number of ether oxygens (including phenoxy) is 1. The molecule has 2 aromatic heterocycles. The maximum atomic E-state index is 15.4. The van der Waals surface area contributed by atoms with E-state index >= 15 is 4.39 Å². The lowest BCUT2D eigenvalue weighted by atomic mass is 9.96. The van der Waals surface area contributed by atoms with Crippen molar-refractivity contribution in [3.63, 3.8) is 0 Å². The number of likely N-dealkylation sites (tertiary alicyclic amines) is 2. The fourth-order valence-electron chi connectivity index (χ4n) is 8.40. The van der Waals surface area contributed by atoms with Gasteiger partial charge in [0, 0.05) is 35.7 Å². The first-order valence-corrected chi connectivity index (χ1v) is 19.6. The molecule has 2 spiro atoms. The highest BCUT2D eigenvalue weighted by atomic mass is 19.1. The van der Waals surface area contributed by atoms with Crippen molar-refractivity contribution >= 4 is 28.9 Å². The lowest BCUT2D eigenvalue weighted by molar-refractivity contribution is -0.137. The second-order valence-corrected chi connectivity index (χ2v) is 17.2. The number of nitrogens with zero attached hydrogens (tertiary/aromatic N) is 4. The maximum absolute atomic E-state index is 15.4. The van der Waals surface area contributed by atoms with Gasteiger partial charge in [-0.25, -0.2) is 14.8 Å². The molecule has 4 aliphatic rings. The number of methoxy groups -OCH3 is 1. The van der Waals surface area contributed by atoms with E-state index in [1.54, 1.807) is 0 Å². The van der Waals surface area contributed by atoms with Crippen LogP contribution >= 0.6 is 0 Å². The number of hydrogen-bond donors (Lipinski definition) is 3. The van der Waals surface area contributed by atoms with Gasteiger partial charge in [0.05, 0.1) is 30.2 Å². The molecule has 0 unspecified atom stereocenters. The summed E-state index contributed by atoms with van der Waals surface area (Å²) < 4.78 is 20.2. The normalized spacial score (nSPS) is 21.6. The van der Waals surface area contributed by atoms with E-state index in [1.807, 2.05) is 73.0 Å². The van der Waals surface area contributed by atoms with Crippen LogP contribution in [0.25, 0.3) is 22.3 Å². The van der Waals surface area contributed by atoms with Crippen molar-refractivity contribution in [1.82, 2.24) is 35.1 Å². The Morgan fingerprint density at radius 3 is 1.98 bits per heavy atom. The van der Waals surface area contributed by atoms with Gasteiger partial charge < -0.3 is 29.8 Å². The molecule has 2 aromatic carbocycles. The molecule has 0 bridgehead atoms. The molecule has 11 nitrogen and oxygen atoms in total. The van der Waals surface area contributed by atoms with Gasteiger partial charge in [-0.3, -0.25) is 9.59 Å². The van der Waals surface area contributed by atoms with Crippen molar-refractivity contribution in [2.45, 2.75) is 91.3 Å². The number of carbonyl (C=O) groups excluding carboxylic acids is 3. The van der Waals surface area contributed by atoms with Crippen LogP contribution in [0.3, 0.4) is 0 Å². The Balaban J connectivity index is 0.978. The average Bonchev–Trinajstić information content (AvgIpc) is 3.84. The first-order chi connectivity index (χ1) is 26.3. The summed E-state index contributed by atoms with van der Waals surface area (Å²) in [5.41, 5.74) is 4.29. The number of rotatable bonds is 8. The first kappa shape index (κ1) is 36.8. The SMILES string of the molecule is COC(=O)N[C@H](C(=O)N1CC2(CC2)C[C@H]1c1nc2cc(C#Cc3ccc(-c4nc([C@@H]5CC6(CC6)CN5C(=O)[C@@H](C)C(C)C)[nH]c4F)cc3)ccc2[nH]1)C(C)C. The third-order valence-electron chi connectivity index (χ3n) is 12.6. The minimum absolute atomic E-state index is 0.104. The van der Waals surface area contributed by atoms with Gasteiger partial charge in [-0.2, -0.15) is 4.39 Å². The third-order valence-corrected chi connectivity index (χ3v) is 12.6. The highest BCUT2D eigenvalue weighted by molar-refractivity contribution is 5.87. The molecule has 12 heteroatoms. The molecule has 2 aliphatic carbocycles. The molecule has 2 saturated heterocycles. The predicted molar refractivity (Wildman–Crippen MR) is 206 cm³/mol. The zero-order valence-electron chi connectivity index (χ0n) is 32.5. The Morgan fingerprint density at radius 1 is 0.818 bits per heavy atom. The summed E-state index contributed by atoms with van der Waals surface area (Å²) in [7, 11) is 1.30. The van der Waals surface area contributed by atoms with Crippen molar-refractivity contribution < 1.29 is 23.5 Å². The molecule has 55 heavy (non-hydrogen) atoms. The van der Waals surface area contributed by atoms with Gasteiger partial charge in [-0.15, -0.1) is 0 Å². The number of fused-ring (bicyclic) bond motifs is 1. The topological polar surface area (TPSA) is 136 Å². The molecule has 2 aliphatic heterocycles. The van der Waals surface area contributed by atoms with Crippen LogP contribution in [0.1, 0.15) is 108 Å². The Morgan fingerprint density at radius 2 is 1.40 bits per heavy atom. The predicted octanol–water partition coefficient (Wildman–Crippen LogP) is 7.27. The maximum Gasteiger partial charge on any atom is 0.407 e. The van der Waals surface area contributed by atoms with Crippen molar-refractivity contribution in [2.75, 3.05) is 20.2 Å². The van der Waals surface area contributed by atoms with E-state index in [0.717, 1.165) is 66.5 Å². The van der Waals surface area contributed by atoms with Crippen molar-refractivity contribution in [3.05, 3.63) is 71.2 Å². The molecular formula is C43H50FN7O4. The number of benzene rings is 2. The number of halogens is 1. The number of hydrogen-bond acceptors (Lipinski definition) is 6. The van der Waals surface area contributed by atoms with Gasteiger partial charge in [-0.1, -0.05) is 58.6 Å². The quantitative estimate of drug-likeness (QED) is 0.162.